The first-order valence-corrected chi connectivity index (χ1v) is 5.46. The third-order valence-electron chi connectivity index (χ3n) is 3.06. The number of nitrogens with one attached hydrogen (secondary N) is 2. The molecule has 3 N–H and O–H groups in total. The van der Waals surface area contributed by atoms with Crippen LogP contribution < -0.4 is 10.6 Å². The maximum atomic E-state index is 11.4. The fourth-order valence-electron chi connectivity index (χ4n) is 2.05. The van der Waals surface area contributed by atoms with Crippen molar-refractivity contribution in [2.24, 2.45) is 5.92 Å². The monoisotopic (exact) mass is 212 g/mol. The number of hydrogen-bond donors (Lipinski definition) is 3. The number of carboxylic acid groups (broad SMARTS) is 1. The summed E-state index contributed by atoms with van der Waals surface area (Å²) in [5.41, 5.74) is 0. The Morgan fingerprint density at radius 2 is 1.80 bits per heavy atom. The summed E-state index contributed by atoms with van der Waals surface area (Å²) in [6.45, 7) is 0. The summed E-state index contributed by atoms with van der Waals surface area (Å²) >= 11 is 0. The number of carbonyl (C=O) groups is 2. The smallest absolute Gasteiger partial charge is 0.315 e. The lowest BCUT2D eigenvalue weighted by molar-refractivity contribution is -0.142. The molecule has 0 aromatic heterocycles. The van der Waals surface area contributed by atoms with E-state index in [9.17, 15) is 9.59 Å². The van der Waals surface area contributed by atoms with E-state index in [1.54, 1.807) is 0 Å². The van der Waals surface area contributed by atoms with Crippen LogP contribution in [0.4, 0.5) is 4.79 Å². The third kappa shape index (κ3) is 2.61. The minimum atomic E-state index is -0.802. The lowest BCUT2D eigenvalue weighted by atomic mass is 10.0. The van der Waals surface area contributed by atoms with Crippen LogP contribution >= 0.6 is 0 Å². The maximum Gasteiger partial charge on any atom is 0.315 e. The summed E-state index contributed by atoms with van der Waals surface area (Å²) in [7, 11) is 0. The van der Waals surface area contributed by atoms with E-state index in [1.807, 2.05) is 0 Å². The number of carboxylic acids is 1. The van der Waals surface area contributed by atoms with Crippen molar-refractivity contribution >= 4 is 12.0 Å². The summed E-state index contributed by atoms with van der Waals surface area (Å²) in [6, 6.07) is -0.0911. The van der Waals surface area contributed by atoms with E-state index < -0.39 is 11.9 Å². The highest BCUT2D eigenvalue weighted by molar-refractivity contribution is 5.77. The Morgan fingerprint density at radius 3 is 2.40 bits per heavy atom. The van der Waals surface area contributed by atoms with Crippen LogP contribution in [-0.4, -0.2) is 29.2 Å². The molecule has 2 aliphatic carbocycles. The zero-order valence-corrected chi connectivity index (χ0v) is 8.53. The van der Waals surface area contributed by atoms with Gasteiger partial charge in [0, 0.05) is 12.1 Å². The van der Waals surface area contributed by atoms with E-state index in [0.29, 0.717) is 12.5 Å². The molecule has 2 fully saturated rings. The van der Waals surface area contributed by atoms with Gasteiger partial charge in [0.15, 0.2) is 0 Å². The molecular weight excluding hydrogens is 196 g/mol. The Balaban J connectivity index is 1.81. The van der Waals surface area contributed by atoms with E-state index in [2.05, 4.69) is 10.6 Å². The van der Waals surface area contributed by atoms with Crippen LogP contribution in [0.25, 0.3) is 0 Å². The molecule has 0 radical (unpaired) electrons. The SMILES string of the molecule is O=C(NC1CC1)NC1CCCC1C(=O)O. The van der Waals surface area contributed by atoms with Gasteiger partial charge in [0.25, 0.3) is 0 Å². The number of carbonyl (C=O) groups excluding carboxylic acids is 1. The third-order valence-corrected chi connectivity index (χ3v) is 3.06. The molecule has 0 saturated heterocycles. The molecular formula is C10H16N2O3. The number of aliphatic carboxylic acids is 1. The second kappa shape index (κ2) is 4.08. The fourth-order valence-corrected chi connectivity index (χ4v) is 2.05. The Hall–Kier alpha value is -1.26. The molecule has 2 rings (SSSR count). The first-order valence-electron chi connectivity index (χ1n) is 5.46. The van der Waals surface area contributed by atoms with Gasteiger partial charge in [0.1, 0.15) is 0 Å². The van der Waals surface area contributed by atoms with E-state index in [1.165, 1.54) is 0 Å². The van der Waals surface area contributed by atoms with Gasteiger partial charge in [0.05, 0.1) is 5.92 Å². The van der Waals surface area contributed by atoms with Gasteiger partial charge in [-0.3, -0.25) is 4.79 Å². The number of urea groups is 1. The van der Waals surface area contributed by atoms with Gasteiger partial charge in [-0.05, 0) is 25.7 Å². The summed E-state index contributed by atoms with van der Waals surface area (Å²) in [4.78, 5) is 22.3. The predicted molar refractivity (Wildman–Crippen MR) is 53.5 cm³/mol. The van der Waals surface area contributed by atoms with Gasteiger partial charge in [-0.15, -0.1) is 0 Å². The minimum Gasteiger partial charge on any atom is -0.481 e. The van der Waals surface area contributed by atoms with Crippen LogP contribution in [0.2, 0.25) is 0 Å². The molecule has 0 spiro atoms. The standard InChI is InChI=1S/C10H16N2O3/c13-9(14)7-2-1-3-8(7)12-10(15)11-6-4-5-6/h6-8H,1-5H2,(H,13,14)(H2,11,12,15). The van der Waals surface area contributed by atoms with Gasteiger partial charge < -0.3 is 15.7 Å². The fraction of sp³-hybridized carbons (Fsp3) is 0.800. The Kier molecular flexibility index (Phi) is 2.79. The van der Waals surface area contributed by atoms with Gasteiger partial charge in [-0.25, -0.2) is 4.79 Å². The van der Waals surface area contributed by atoms with Gasteiger partial charge in [0.2, 0.25) is 0 Å². The Labute approximate surface area is 88.2 Å². The summed E-state index contributed by atoms with van der Waals surface area (Å²) in [6.07, 6.45) is 4.41. The van der Waals surface area contributed by atoms with Crippen LogP contribution in [0, 0.1) is 5.92 Å². The van der Waals surface area contributed by atoms with Crippen molar-refractivity contribution in [3.05, 3.63) is 0 Å². The van der Waals surface area contributed by atoms with Gasteiger partial charge in [-0.2, -0.15) is 0 Å². The quantitative estimate of drug-likeness (QED) is 0.644. The zero-order valence-electron chi connectivity index (χ0n) is 8.53. The largest absolute Gasteiger partial charge is 0.481 e. The van der Waals surface area contributed by atoms with Crippen molar-refractivity contribution in [3.63, 3.8) is 0 Å². The molecule has 2 atom stereocenters. The first kappa shape index (κ1) is 10.3. The first-order chi connectivity index (χ1) is 7.16. The zero-order chi connectivity index (χ0) is 10.8. The molecule has 2 unspecified atom stereocenters. The van der Waals surface area contributed by atoms with Crippen molar-refractivity contribution in [1.82, 2.24) is 10.6 Å². The van der Waals surface area contributed by atoms with Crippen molar-refractivity contribution < 1.29 is 14.7 Å². The van der Waals surface area contributed by atoms with Crippen LogP contribution in [0.3, 0.4) is 0 Å². The van der Waals surface area contributed by atoms with Crippen molar-refractivity contribution in [2.45, 2.75) is 44.2 Å². The van der Waals surface area contributed by atoms with Gasteiger partial charge in [-0.1, -0.05) is 6.42 Å². The molecule has 2 aliphatic rings. The highest BCUT2D eigenvalue weighted by Crippen LogP contribution is 2.26. The summed E-state index contributed by atoms with van der Waals surface area (Å²) in [5.74, 6) is -1.21. The molecule has 0 bridgehead atoms. The maximum absolute atomic E-state index is 11.4. The summed E-state index contributed by atoms with van der Waals surface area (Å²) in [5, 5.41) is 14.5. The molecule has 0 aliphatic heterocycles. The minimum absolute atomic E-state index is 0.193. The van der Waals surface area contributed by atoms with Crippen molar-refractivity contribution in [2.75, 3.05) is 0 Å². The Morgan fingerprint density at radius 1 is 1.07 bits per heavy atom. The van der Waals surface area contributed by atoms with Crippen molar-refractivity contribution in [1.29, 1.82) is 0 Å². The molecule has 2 saturated carbocycles. The number of rotatable bonds is 3. The highest BCUT2D eigenvalue weighted by Gasteiger charge is 2.34. The molecule has 84 valence electrons. The van der Waals surface area contributed by atoms with Crippen molar-refractivity contribution in [3.8, 4) is 0 Å². The van der Waals surface area contributed by atoms with E-state index in [-0.39, 0.29) is 12.1 Å². The molecule has 0 aromatic rings. The average Bonchev–Trinajstić information content (AvgIpc) is 2.82. The van der Waals surface area contributed by atoms with Crippen LogP contribution in [0.15, 0.2) is 0 Å². The molecule has 0 heterocycles. The van der Waals surface area contributed by atoms with E-state index >= 15 is 0 Å². The molecule has 2 amide bonds. The predicted octanol–water partition coefficient (Wildman–Crippen LogP) is 0.701. The summed E-state index contributed by atoms with van der Waals surface area (Å²) < 4.78 is 0. The van der Waals surface area contributed by atoms with E-state index in [4.69, 9.17) is 5.11 Å². The molecule has 5 heteroatoms. The van der Waals surface area contributed by atoms with Crippen LogP contribution in [0.5, 0.6) is 0 Å². The topological polar surface area (TPSA) is 78.4 Å². The lowest BCUT2D eigenvalue weighted by Crippen LogP contribution is -2.45. The molecule has 0 aromatic carbocycles. The van der Waals surface area contributed by atoms with Crippen LogP contribution in [0.1, 0.15) is 32.1 Å². The lowest BCUT2D eigenvalue weighted by Gasteiger charge is -2.17. The Bertz CT molecular complexity index is 276. The number of hydrogen-bond acceptors (Lipinski definition) is 2. The number of amides is 2. The second-order valence-corrected chi connectivity index (χ2v) is 4.37. The molecule has 5 nitrogen and oxygen atoms in total. The highest BCUT2D eigenvalue weighted by atomic mass is 16.4. The van der Waals surface area contributed by atoms with Gasteiger partial charge >= 0.3 is 12.0 Å². The van der Waals surface area contributed by atoms with Crippen LogP contribution in [-0.2, 0) is 4.79 Å². The normalized spacial score (nSPS) is 29.9. The molecule has 15 heavy (non-hydrogen) atoms. The average molecular weight is 212 g/mol. The second-order valence-electron chi connectivity index (χ2n) is 4.37. The van der Waals surface area contributed by atoms with E-state index in [0.717, 1.165) is 25.7 Å².